The second-order valence-corrected chi connectivity index (χ2v) is 2.66. The second kappa shape index (κ2) is 3.23. The van der Waals surface area contributed by atoms with Crippen LogP contribution in [0.1, 0.15) is 20.3 Å². The average Bonchev–Trinajstić information content (AvgIpc) is 1.60. The Labute approximate surface area is 58.4 Å². The van der Waals surface area contributed by atoms with Crippen molar-refractivity contribution in [3.63, 3.8) is 0 Å². The number of hydrogen-bond donors (Lipinski definition) is 1. The van der Waals surface area contributed by atoms with Crippen LogP contribution in [0.15, 0.2) is 0 Å². The highest BCUT2D eigenvalue weighted by Crippen LogP contribution is 2.28. The molecule has 0 bridgehead atoms. The topological polar surface area (TPSA) is 26.0 Å². The molecule has 4 heteroatoms. The third-order valence-electron chi connectivity index (χ3n) is 1.28. The van der Waals surface area contributed by atoms with Crippen LogP contribution in [-0.2, 0) is 0 Å². The molecule has 0 saturated heterocycles. The minimum atomic E-state index is -4.09. The van der Waals surface area contributed by atoms with Crippen LogP contribution in [0.5, 0.6) is 0 Å². The van der Waals surface area contributed by atoms with Crippen LogP contribution in [0.2, 0.25) is 0 Å². The first kappa shape index (κ1) is 9.75. The number of nitrogens with two attached hydrogens (primary N) is 1. The maximum Gasteiger partial charge on any atom is 0.391 e. The molecule has 0 spiro atoms. The quantitative estimate of drug-likeness (QED) is 0.647. The smallest absolute Gasteiger partial charge is 0.328 e. The molecule has 0 aliphatic carbocycles. The van der Waals surface area contributed by atoms with Gasteiger partial charge in [-0.1, -0.05) is 6.92 Å². The Morgan fingerprint density at radius 1 is 1.30 bits per heavy atom. The average molecular weight is 155 g/mol. The van der Waals surface area contributed by atoms with Gasteiger partial charge in [0, 0.05) is 6.04 Å². The van der Waals surface area contributed by atoms with Gasteiger partial charge in [-0.05, 0) is 13.3 Å². The number of rotatable bonds is 2. The Morgan fingerprint density at radius 3 is 1.80 bits per heavy atom. The van der Waals surface area contributed by atoms with Crippen LogP contribution in [0.3, 0.4) is 0 Å². The molecule has 2 atom stereocenters. The van der Waals surface area contributed by atoms with Crippen molar-refractivity contribution in [2.24, 2.45) is 11.7 Å². The van der Waals surface area contributed by atoms with Gasteiger partial charge >= 0.3 is 6.18 Å². The van der Waals surface area contributed by atoms with Crippen LogP contribution < -0.4 is 5.73 Å². The summed E-state index contributed by atoms with van der Waals surface area (Å²) >= 11 is 0. The molecule has 62 valence electrons. The van der Waals surface area contributed by atoms with Crippen LogP contribution >= 0.6 is 0 Å². The Kier molecular flexibility index (Phi) is 3.15. The molecule has 0 heterocycles. The van der Waals surface area contributed by atoms with E-state index in [0.717, 1.165) is 6.92 Å². The highest BCUT2D eigenvalue weighted by Gasteiger charge is 2.35. The maximum absolute atomic E-state index is 11.8. The minimum absolute atomic E-state index is 0.00347. The Balaban J connectivity index is 3.73. The lowest BCUT2D eigenvalue weighted by molar-refractivity contribution is -0.171. The fraction of sp³-hybridized carbons (Fsp3) is 1.00. The highest BCUT2D eigenvalue weighted by molar-refractivity contribution is 4.66. The predicted molar refractivity (Wildman–Crippen MR) is 33.5 cm³/mol. The number of hydrogen-bond acceptors (Lipinski definition) is 1. The van der Waals surface area contributed by atoms with Crippen molar-refractivity contribution in [3.05, 3.63) is 0 Å². The van der Waals surface area contributed by atoms with Gasteiger partial charge in [0.2, 0.25) is 0 Å². The summed E-state index contributed by atoms with van der Waals surface area (Å²) in [6, 6.07) is -0.378. The molecule has 0 aromatic rings. The summed E-state index contributed by atoms with van der Waals surface area (Å²) in [4.78, 5) is 0. The van der Waals surface area contributed by atoms with Gasteiger partial charge in [0.15, 0.2) is 0 Å². The molecule has 0 fully saturated rings. The van der Waals surface area contributed by atoms with Crippen molar-refractivity contribution in [2.75, 3.05) is 0 Å². The SMILES string of the molecule is C[C@H](N)C[C@H](C)C(F)(F)F. The second-order valence-electron chi connectivity index (χ2n) is 2.66. The van der Waals surface area contributed by atoms with E-state index >= 15 is 0 Å². The lowest BCUT2D eigenvalue weighted by atomic mass is 10.0. The van der Waals surface area contributed by atoms with Crippen molar-refractivity contribution in [2.45, 2.75) is 32.5 Å². The van der Waals surface area contributed by atoms with Crippen molar-refractivity contribution >= 4 is 0 Å². The molecule has 0 aliphatic heterocycles. The van der Waals surface area contributed by atoms with E-state index in [1.165, 1.54) is 0 Å². The van der Waals surface area contributed by atoms with Crippen LogP contribution in [0, 0.1) is 5.92 Å². The van der Waals surface area contributed by atoms with Crippen molar-refractivity contribution in [3.8, 4) is 0 Å². The summed E-state index contributed by atoms with van der Waals surface area (Å²) in [6.45, 7) is 2.71. The van der Waals surface area contributed by atoms with E-state index in [1.807, 2.05) is 0 Å². The summed E-state index contributed by atoms with van der Waals surface area (Å²) in [6.07, 6.45) is -4.09. The first-order chi connectivity index (χ1) is 4.34. The predicted octanol–water partition coefficient (Wildman–Crippen LogP) is 1.92. The van der Waals surface area contributed by atoms with Crippen LogP contribution in [-0.4, -0.2) is 12.2 Å². The van der Waals surface area contributed by atoms with Crippen molar-refractivity contribution in [1.29, 1.82) is 0 Å². The Hall–Kier alpha value is -0.250. The molecule has 0 aromatic heterocycles. The van der Waals surface area contributed by atoms with Gasteiger partial charge in [-0.25, -0.2) is 0 Å². The van der Waals surface area contributed by atoms with Crippen molar-refractivity contribution < 1.29 is 13.2 Å². The van der Waals surface area contributed by atoms with Gasteiger partial charge in [-0.3, -0.25) is 0 Å². The third-order valence-corrected chi connectivity index (χ3v) is 1.28. The first-order valence-corrected chi connectivity index (χ1v) is 3.16. The Bertz CT molecular complexity index is 97.7. The maximum atomic E-state index is 11.8. The van der Waals surface area contributed by atoms with Gasteiger partial charge in [-0.2, -0.15) is 13.2 Å². The minimum Gasteiger partial charge on any atom is -0.328 e. The Morgan fingerprint density at radius 2 is 1.70 bits per heavy atom. The van der Waals surface area contributed by atoms with Gasteiger partial charge < -0.3 is 5.73 Å². The standard InChI is InChI=1S/C6H12F3N/c1-4(3-5(2)10)6(7,8)9/h4-5H,3,10H2,1-2H3/t4-,5-/m0/s1. The molecule has 2 N–H and O–H groups in total. The van der Waals surface area contributed by atoms with Crippen LogP contribution in [0.4, 0.5) is 13.2 Å². The van der Waals surface area contributed by atoms with E-state index in [4.69, 9.17) is 5.73 Å². The summed E-state index contributed by atoms with van der Waals surface area (Å²) in [5.74, 6) is -1.28. The molecular weight excluding hydrogens is 143 g/mol. The monoisotopic (exact) mass is 155 g/mol. The molecule has 0 aromatic carbocycles. The molecule has 0 saturated carbocycles. The largest absolute Gasteiger partial charge is 0.391 e. The fourth-order valence-corrected chi connectivity index (χ4v) is 0.691. The summed E-state index contributed by atoms with van der Waals surface area (Å²) in [5, 5.41) is 0. The zero-order chi connectivity index (χ0) is 8.36. The molecule has 10 heavy (non-hydrogen) atoms. The zero-order valence-electron chi connectivity index (χ0n) is 6.07. The molecule has 0 unspecified atom stereocenters. The van der Waals surface area contributed by atoms with E-state index in [2.05, 4.69) is 0 Å². The van der Waals surface area contributed by atoms with Gasteiger partial charge in [0.05, 0.1) is 5.92 Å². The van der Waals surface area contributed by atoms with Crippen molar-refractivity contribution in [1.82, 2.24) is 0 Å². The lowest BCUT2D eigenvalue weighted by Gasteiger charge is -2.16. The van der Waals surface area contributed by atoms with Crippen LogP contribution in [0.25, 0.3) is 0 Å². The molecule has 0 aliphatic rings. The van der Waals surface area contributed by atoms with E-state index in [9.17, 15) is 13.2 Å². The summed E-state index contributed by atoms with van der Waals surface area (Å²) in [7, 11) is 0. The normalized spacial score (nSPS) is 18.6. The molecule has 0 amide bonds. The van der Waals surface area contributed by atoms with E-state index in [1.54, 1.807) is 6.92 Å². The fourth-order valence-electron chi connectivity index (χ4n) is 0.691. The number of alkyl halides is 3. The lowest BCUT2D eigenvalue weighted by Crippen LogP contribution is -2.27. The van der Waals surface area contributed by atoms with E-state index < -0.39 is 12.1 Å². The van der Waals surface area contributed by atoms with E-state index in [0.29, 0.717) is 0 Å². The molecular formula is C6H12F3N. The molecule has 0 rings (SSSR count). The van der Waals surface area contributed by atoms with E-state index in [-0.39, 0.29) is 12.5 Å². The zero-order valence-corrected chi connectivity index (χ0v) is 6.07. The number of halogens is 3. The molecule has 1 nitrogen and oxygen atoms in total. The molecule has 0 radical (unpaired) electrons. The third kappa shape index (κ3) is 3.71. The summed E-state index contributed by atoms with van der Waals surface area (Å²) < 4.78 is 35.3. The first-order valence-electron chi connectivity index (χ1n) is 3.16. The van der Waals surface area contributed by atoms with Gasteiger partial charge in [-0.15, -0.1) is 0 Å². The van der Waals surface area contributed by atoms with Gasteiger partial charge in [0.1, 0.15) is 0 Å². The summed E-state index contributed by atoms with van der Waals surface area (Å²) in [5.41, 5.74) is 5.19. The highest BCUT2D eigenvalue weighted by atomic mass is 19.4. The van der Waals surface area contributed by atoms with Gasteiger partial charge in [0.25, 0.3) is 0 Å².